The summed E-state index contributed by atoms with van der Waals surface area (Å²) in [5.41, 5.74) is 0.482. The maximum absolute atomic E-state index is 2.74. The van der Waals surface area contributed by atoms with Crippen molar-refractivity contribution in [3.63, 3.8) is 0 Å². The molecule has 1 aliphatic heterocycles. The maximum atomic E-state index is 2.74. The normalized spacial score (nSPS) is 22.6. The Balaban J connectivity index is 2.41. The number of rotatable bonds is 6. The van der Waals surface area contributed by atoms with Crippen molar-refractivity contribution in [2.45, 2.75) is 58.4 Å². The largest absolute Gasteiger partial charge is 0.296 e. The van der Waals surface area contributed by atoms with Crippen LogP contribution in [0.5, 0.6) is 0 Å². The van der Waals surface area contributed by atoms with Crippen LogP contribution in [0.15, 0.2) is 0 Å². The highest BCUT2D eigenvalue weighted by molar-refractivity contribution is 7.99. The first kappa shape index (κ1) is 13.4. The molecule has 0 aliphatic carbocycles. The molecule has 0 aromatic carbocycles. The summed E-state index contributed by atoms with van der Waals surface area (Å²) in [6.07, 6.45) is 6.85. The highest BCUT2D eigenvalue weighted by Gasteiger charge is 2.30. The Morgan fingerprint density at radius 3 is 2.33 bits per heavy atom. The van der Waals surface area contributed by atoms with Crippen molar-refractivity contribution >= 4 is 11.8 Å². The van der Waals surface area contributed by atoms with E-state index in [0.717, 1.165) is 0 Å². The first-order chi connectivity index (χ1) is 7.23. The highest BCUT2D eigenvalue weighted by atomic mass is 32.2. The van der Waals surface area contributed by atoms with Gasteiger partial charge in [-0.3, -0.25) is 4.90 Å². The van der Waals surface area contributed by atoms with E-state index < -0.39 is 0 Å². The van der Waals surface area contributed by atoms with Crippen LogP contribution in [-0.2, 0) is 0 Å². The number of hydrogen-bond acceptors (Lipinski definition) is 2. The lowest BCUT2D eigenvalue weighted by molar-refractivity contribution is 0.0992. The smallest absolute Gasteiger partial charge is 0.0179 e. The molecule has 0 radical (unpaired) electrons. The van der Waals surface area contributed by atoms with Gasteiger partial charge in [0.15, 0.2) is 0 Å². The molecule has 1 fully saturated rings. The second-order valence-electron chi connectivity index (χ2n) is 4.91. The second kappa shape index (κ2) is 6.80. The Labute approximate surface area is 100.0 Å². The molecule has 0 amide bonds. The SMILES string of the molecule is CCCCCC(C)(CC)N1CCSCC1. The van der Waals surface area contributed by atoms with Crippen LogP contribution in [0.4, 0.5) is 0 Å². The molecule has 0 bridgehead atoms. The number of nitrogens with zero attached hydrogens (tertiary/aromatic N) is 1. The van der Waals surface area contributed by atoms with Crippen molar-refractivity contribution in [1.29, 1.82) is 0 Å². The van der Waals surface area contributed by atoms with Gasteiger partial charge in [-0.05, 0) is 19.8 Å². The van der Waals surface area contributed by atoms with Crippen LogP contribution in [0.25, 0.3) is 0 Å². The molecule has 1 atom stereocenters. The topological polar surface area (TPSA) is 3.24 Å². The summed E-state index contributed by atoms with van der Waals surface area (Å²) in [6.45, 7) is 9.73. The van der Waals surface area contributed by atoms with Gasteiger partial charge < -0.3 is 0 Å². The third kappa shape index (κ3) is 3.99. The molecule has 1 saturated heterocycles. The first-order valence-corrected chi connectivity index (χ1v) is 7.71. The van der Waals surface area contributed by atoms with Gasteiger partial charge in [0, 0.05) is 30.1 Å². The second-order valence-corrected chi connectivity index (χ2v) is 6.13. The minimum atomic E-state index is 0.482. The van der Waals surface area contributed by atoms with Crippen molar-refractivity contribution in [3.05, 3.63) is 0 Å². The van der Waals surface area contributed by atoms with Gasteiger partial charge in [0.05, 0.1) is 0 Å². The van der Waals surface area contributed by atoms with E-state index in [1.165, 1.54) is 56.7 Å². The summed E-state index contributed by atoms with van der Waals surface area (Å²) in [6, 6.07) is 0. The molecule has 1 nitrogen and oxygen atoms in total. The fraction of sp³-hybridized carbons (Fsp3) is 1.00. The van der Waals surface area contributed by atoms with Gasteiger partial charge in [0.1, 0.15) is 0 Å². The van der Waals surface area contributed by atoms with E-state index in [4.69, 9.17) is 0 Å². The monoisotopic (exact) mass is 229 g/mol. The van der Waals surface area contributed by atoms with E-state index in [2.05, 4.69) is 37.4 Å². The minimum Gasteiger partial charge on any atom is -0.296 e. The average Bonchev–Trinajstić information content (AvgIpc) is 2.30. The summed E-state index contributed by atoms with van der Waals surface area (Å²) in [5.74, 6) is 2.67. The lowest BCUT2D eigenvalue weighted by Crippen LogP contribution is -2.49. The molecule has 90 valence electrons. The van der Waals surface area contributed by atoms with Crippen LogP contribution >= 0.6 is 11.8 Å². The number of unbranched alkanes of at least 4 members (excludes halogenated alkanes) is 2. The van der Waals surface area contributed by atoms with Crippen LogP contribution in [0.3, 0.4) is 0 Å². The summed E-state index contributed by atoms with van der Waals surface area (Å²) in [7, 11) is 0. The van der Waals surface area contributed by atoms with Crippen LogP contribution in [0.1, 0.15) is 52.9 Å². The van der Waals surface area contributed by atoms with Gasteiger partial charge in [0.25, 0.3) is 0 Å². The van der Waals surface area contributed by atoms with Crippen molar-refractivity contribution in [2.75, 3.05) is 24.6 Å². The van der Waals surface area contributed by atoms with Crippen LogP contribution in [-0.4, -0.2) is 35.0 Å². The molecule has 1 unspecified atom stereocenters. The molecule has 0 spiro atoms. The molecule has 1 rings (SSSR count). The number of hydrogen-bond donors (Lipinski definition) is 0. The third-order valence-electron chi connectivity index (χ3n) is 3.86. The first-order valence-electron chi connectivity index (χ1n) is 6.55. The third-order valence-corrected chi connectivity index (χ3v) is 4.80. The quantitative estimate of drug-likeness (QED) is 0.638. The zero-order chi connectivity index (χ0) is 11.1. The van der Waals surface area contributed by atoms with Crippen LogP contribution in [0, 0.1) is 0 Å². The highest BCUT2D eigenvalue weighted by Crippen LogP contribution is 2.28. The zero-order valence-electron chi connectivity index (χ0n) is 10.7. The van der Waals surface area contributed by atoms with E-state index in [9.17, 15) is 0 Å². The Morgan fingerprint density at radius 1 is 1.13 bits per heavy atom. The Kier molecular flexibility index (Phi) is 6.06. The van der Waals surface area contributed by atoms with Crippen LogP contribution < -0.4 is 0 Å². The van der Waals surface area contributed by atoms with Gasteiger partial charge in [-0.25, -0.2) is 0 Å². The van der Waals surface area contributed by atoms with Crippen molar-refractivity contribution in [2.24, 2.45) is 0 Å². The molecule has 15 heavy (non-hydrogen) atoms. The Bertz CT molecular complexity index is 166. The van der Waals surface area contributed by atoms with Crippen molar-refractivity contribution < 1.29 is 0 Å². The van der Waals surface area contributed by atoms with Gasteiger partial charge >= 0.3 is 0 Å². The predicted molar refractivity (Wildman–Crippen MR) is 71.7 cm³/mol. The standard InChI is InChI=1S/C13H27NS/c1-4-6-7-8-13(3,5-2)14-9-11-15-12-10-14/h4-12H2,1-3H3. The molecule has 1 heterocycles. The lowest BCUT2D eigenvalue weighted by atomic mass is 9.89. The van der Waals surface area contributed by atoms with Gasteiger partial charge in [0.2, 0.25) is 0 Å². The fourth-order valence-corrected chi connectivity index (χ4v) is 3.32. The zero-order valence-corrected chi connectivity index (χ0v) is 11.5. The molecule has 0 N–H and O–H groups in total. The van der Waals surface area contributed by atoms with E-state index >= 15 is 0 Å². The van der Waals surface area contributed by atoms with Crippen LogP contribution in [0.2, 0.25) is 0 Å². The number of thioether (sulfide) groups is 1. The Hall–Kier alpha value is 0.310. The van der Waals surface area contributed by atoms with E-state index in [1.54, 1.807) is 0 Å². The maximum Gasteiger partial charge on any atom is 0.0179 e. The van der Waals surface area contributed by atoms with Crippen molar-refractivity contribution in [1.82, 2.24) is 4.90 Å². The van der Waals surface area contributed by atoms with Crippen molar-refractivity contribution in [3.8, 4) is 0 Å². The predicted octanol–water partition coefficient (Wildman–Crippen LogP) is 3.78. The Morgan fingerprint density at radius 2 is 1.80 bits per heavy atom. The van der Waals surface area contributed by atoms with Gasteiger partial charge in [-0.15, -0.1) is 0 Å². The molecule has 0 aromatic heterocycles. The van der Waals surface area contributed by atoms with E-state index in [-0.39, 0.29) is 0 Å². The molecule has 2 heteroatoms. The molecular formula is C13H27NS. The summed E-state index contributed by atoms with van der Waals surface area (Å²) >= 11 is 2.11. The summed E-state index contributed by atoms with van der Waals surface area (Å²) < 4.78 is 0. The fourth-order valence-electron chi connectivity index (χ4n) is 2.42. The van der Waals surface area contributed by atoms with E-state index in [0.29, 0.717) is 5.54 Å². The molecule has 0 saturated carbocycles. The van der Waals surface area contributed by atoms with Gasteiger partial charge in [-0.2, -0.15) is 11.8 Å². The molecule has 1 aliphatic rings. The molecular weight excluding hydrogens is 202 g/mol. The minimum absolute atomic E-state index is 0.482. The lowest BCUT2D eigenvalue weighted by Gasteiger charge is -2.43. The summed E-state index contributed by atoms with van der Waals surface area (Å²) in [4.78, 5) is 2.74. The average molecular weight is 229 g/mol. The van der Waals surface area contributed by atoms with Gasteiger partial charge in [-0.1, -0.05) is 33.1 Å². The summed E-state index contributed by atoms with van der Waals surface area (Å²) in [5, 5.41) is 0. The molecule has 0 aromatic rings. The van der Waals surface area contributed by atoms with E-state index in [1.807, 2.05) is 0 Å².